The highest BCUT2D eigenvalue weighted by molar-refractivity contribution is 4.63. The molecule has 0 aromatic carbocycles. The molecule has 0 N–H and O–H groups in total. The Bertz CT molecular complexity index is 202. The van der Waals surface area contributed by atoms with Gasteiger partial charge in [-0.3, -0.25) is 0 Å². The van der Waals surface area contributed by atoms with Crippen molar-refractivity contribution >= 4 is 0 Å². The van der Waals surface area contributed by atoms with E-state index >= 15 is 0 Å². The molecule has 1 unspecified atom stereocenters. The zero-order valence-electron chi connectivity index (χ0n) is 16.1. The van der Waals surface area contributed by atoms with Crippen LogP contribution in [0.25, 0.3) is 0 Å². The standard InChI is InChI=1S/C21H44/c1-18(2)12-8-7-9-14-21(17-16-20(5)6)15-11-10-13-19(3)4/h18-21H,7-17H2,1-6H3. The van der Waals surface area contributed by atoms with Crippen molar-refractivity contribution in [2.24, 2.45) is 23.7 Å². The van der Waals surface area contributed by atoms with Gasteiger partial charge in [0.25, 0.3) is 0 Å². The maximum absolute atomic E-state index is 2.37. The van der Waals surface area contributed by atoms with Crippen molar-refractivity contribution in [2.45, 2.75) is 112 Å². The van der Waals surface area contributed by atoms with E-state index in [9.17, 15) is 0 Å². The van der Waals surface area contributed by atoms with Crippen molar-refractivity contribution in [3.63, 3.8) is 0 Å². The van der Waals surface area contributed by atoms with Gasteiger partial charge in [0.2, 0.25) is 0 Å². The smallest absolute Gasteiger partial charge is 0.0414 e. The summed E-state index contributed by atoms with van der Waals surface area (Å²) in [5.74, 6) is 3.66. The molecule has 0 spiro atoms. The van der Waals surface area contributed by atoms with Crippen LogP contribution in [0.5, 0.6) is 0 Å². The highest BCUT2D eigenvalue weighted by Crippen LogP contribution is 2.25. The van der Waals surface area contributed by atoms with Gasteiger partial charge < -0.3 is 0 Å². The zero-order valence-corrected chi connectivity index (χ0v) is 16.1. The lowest BCUT2D eigenvalue weighted by molar-refractivity contribution is 0.347. The summed E-state index contributed by atoms with van der Waals surface area (Å²) in [6, 6.07) is 0. The van der Waals surface area contributed by atoms with Gasteiger partial charge in [-0.2, -0.15) is 0 Å². The van der Waals surface area contributed by atoms with Gasteiger partial charge in [-0.25, -0.2) is 0 Å². The second-order valence-electron chi connectivity index (χ2n) is 8.55. The van der Waals surface area contributed by atoms with Crippen molar-refractivity contribution in [1.82, 2.24) is 0 Å². The van der Waals surface area contributed by atoms with E-state index in [4.69, 9.17) is 0 Å². The fraction of sp³-hybridized carbons (Fsp3) is 1.00. The minimum atomic E-state index is 0.879. The summed E-state index contributed by atoms with van der Waals surface area (Å²) in [5.41, 5.74) is 0. The van der Waals surface area contributed by atoms with Crippen LogP contribution in [-0.2, 0) is 0 Å². The van der Waals surface area contributed by atoms with Crippen LogP contribution in [0.2, 0.25) is 0 Å². The lowest BCUT2D eigenvalue weighted by atomic mass is 9.88. The molecule has 21 heavy (non-hydrogen) atoms. The van der Waals surface area contributed by atoms with E-state index < -0.39 is 0 Å². The first-order valence-corrected chi connectivity index (χ1v) is 9.91. The molecule has 0 aliphatic rings. The van der Waals surface area contributed by atoms with Gasteiger partial charge in [-0.15, -0.1) is 0 Å². The summed E-state index contributed by atoms with van der Waals surface area (Å²) < 4.78 is 0. The summed E-state index contributed by atoms with van der Waals surface area (Å²) in [7, 11) is 0. The second kappa shape index (κ2) is 13.6. The monoisotopic (exact) mass is 296 g/mol. The molecular weight excluding hydrogens is 252 g/mol. The summed E-state index contributed by atoms with van der Waals surface area (Å²) in [5, 5.41) is 0. The van der Waals surface area contributed by atoms with Crippen molar-refractivity contribution in [3.8, 4) is 0 Å². The largest absolute Gasteiger partial charge is 0.0628 e. The van der Waals surface area contributed by atoms with Gasteiger partial charge in [0.1, 0.15) is 0 Å². The quantitative estimate of drug-likeness (QED) is 0.286. The maximum Gasteiger partial charge on any atom is -0.0414 e. The summed E-state index contributed by atoms with van der Waals surface area (Å²) >= 11 is 0. The molecule has 0 aliphatic carbocycles. The molecule has 0 heterocycles. The summed E-state index contributed by atoms with van der Waals surface area (Å²) in [6.45, 7) is 14.1. The van der Waals surface area contributed by atoms with Crippen LogP contribution in [0.1, 0.15) is 112 Å². The first-order chi connectivity index (χ1) is 9.91. The first kappa shape index (κ1) is 21.0. The molecule has 0 fully saturated rings. The predicted molar refractivity (Wildman–Crippen MR) is 98.8 cm³/mol. The van der Waals surface area contributed by atoms with E-state index in [-0.39, 0.29) is 0 Å². The molecule has 0 aromatic heterocycles. The molecule has 0 bridgehead atoms. The van der Waals surface area contributed by atoms with Gasteiger partial charge in [0, 0.05) is 0 Å². The van der Waals surface area contributed by atoms with Gasteiger partial charge >= 0.3 is 0 Å². The van der Waals surface area contributed by atoms with Crippen LogP contribution < -0.4 is 0 Å². The lowest BCUT2D eigenvalue weighted by Gasteiger charge is -2.18. The molecule has 0 heteroatoms. The minimum absolute atomic E-state index is 0.879. The number of rotatable bonds is 14. The fourth-order valence-corrected chi connectivity index (χ4v) is 3.15. The highest BCUT2D eigenvalue weighted by Gasteiger charge is 2.10. The van der Waals surface area contributed by atoms with Crippen molar-refractivity contribution in [3.05, 3.63) is 0 Å². The molecule has 0 aliphatic heterocycles. The Labute approximate surface area is 136 Å². The number of unbranched alkanes of at least 4 members (excludes halogenated alkanes) is 3. The van der Waals surface area contributed by atoms with Crippen LogP contribution in [-0.4, -0.2) is 0 Å². The van der Waals surface area contributed by atoms with Gasteiger partial charge in [0.15, 0.2) is 0 Å². The molecular formula is C21H44. The van der Waals surface area contributed by atoms with E-state index in [1.165, 1.54) is 70.6 Å². The van der Waals surface area contributed by atoms with Crippen LogP contribution >= 0.6 is 0 Å². The van der Waals surface area contributed by atoms with E-state index in [1.807, 2.05) is 0 Å². The Kier molecular flexibility index (Phi) is 13.6. The molecule has 0 saturated carbocycles. The van der Waals surface area contributed by atoms with Crippen LogP contribution in [0.3, 0.4) is 0 Å². The third-order valence-corrected chi connectivity index (χ3v) is 4.69. The number of hydrogen-bond acceptors (Lipinski definition) is 0. The zero-order chi connectivity index (χ0) is 16.1. The first-order valence-electron chi connectivity index (χ1n) is 9.91. The van der Waals surface area contributed by atoms with E-state index in [0.717, 1.165) is 23.7 Å². The molecule has 128 valence electrons. The second-order valence-corrected chi connectivity index (χ2v) is 8.55. The third kappa shape index (κ3) is 16.2. The van der Waals surface area contributed by atoms with Gasteiger partial charge in [-0.1, -0.05) is 112 Å². The van der Waals surface area contributed by atoms with E-state index in [0.29, 0.717) is 0 Å². The minimum Gasteiger partial charge on any atom is -0.0628 e. The van der Waals surface area contributed by atoms with Crippen LogP contribution in [0, 0.1) is 23.7 Å². The van der Waals surface area contributed by atoms with Gasteiger partial charge in [-0.05, 0) is 23.7 Å². The molecule has 0 amide bonds. The molecule has 0 aromatic rings. The predicted octanol–water partition coefficient (Wildman–Crippen LogP) is 7.86. The number of hydrogen-bond donors (Lipinski definition) is 0. The Morgan fingerprint density at radius 3 is 1.24 bits per heavy atom. The molecule has 1 atom stereocenters. The Hall–Kier alpha value is 0. The average Bonchev–Trinajstić information content (AvgIpc) is 2.38. The van der Waals surface area contributed by atoms with Crippen LogP contribution in [0.15, 0.2) is 0 Å². The summed E-state index contributed by atoms with van der Waals surface area (Å²) in [6.07, 6.45) is 16.0. The van der Waals surface area contributed by atoms with Crippen LogP contribution in [0.4, 0.5) is 0 Å². The van der Waals surface area contributed by atoms with Gasteiger partial charge in [0.05, 0.1) is 0 Å². The van der Waals surface area contributed by atoms with Crippen molar-refractivity contribution in [2.75, 3.05) is 0 Å². The van der Waals surface area contributed by atoms with E-state index in [2.05, 4.69) is 41.5 Å². The summed E-state index contributed by atoms with van der Waals surface area (Å²) in [4.78, 5) is 0. The maximum atomic E-state index is 2.37. The Morgan fingerprint density at radius 1 is 0.381 bits per heavy atom. The normalized spacial score (nSPS) is 13.6. The molecule has 0 saturated heterocycles. The Balaban J connectivity index is 3.80. The van der Waals surface area contributed by atoms with Crippen molar-refractivity contribution in [1.29, 1.82) is 0 Å². The highest BCUT2D eigenvalue weighted by atomic mass is 14.2. The fourth-order valence-electron chi connectivity index (χ4n) is 3.15. The molecule has 0 rings (SSSR count). The molecule has 0 nitrogen and oxygen atoms in total. The average molecular weight is 297 g/mol. The SMILES string of the molecule is CC(C)CCCCCC(CCCCC(C)C)CCC(C)C. The molecule has 0 radical (unpaired) electrons. The lowest BCUT2D eigenvalue weighted by Crippen LogP contribution is -2.04. The van der Waals surface area contributed by atoms with Crippen molar-refractivity contribution < 1.29 is 0 Å². The Morgan fingerprint density at radius 2 is 0.762 bits per heavy atom. The topological polar surface area (TPSA) is 0 Å². The third-order valence-electron chi connectivity index (χ3n) is 4.69. The van der Waals surface area contributed by atoms with E-state index in [1.54, 1.807) is 0 Å².